The Kier molecular flexibility index (Phi) is 7.49. The third kappa shape index (κ3) is 5.59. The molecular weight excluding hydrogens is 427 g/mol. The summed E-state index contributed by atoms with van der Waals surface area (Å²) < 4.78 is 5.62. The monoisotopic (exact) mass is 452 g/mol. The molecule has 5 nitrogen and oxygen atoms in total. The van der Waals surface area contributed by atoms with E-state index in [9.17, 15) is 0 Å². The Morgan fingerprint density at radius 2 is 1.96 bits per heavy atom. The van der Waals surface area contributed by atoms with E-state index >= 15 is 0 Å². The average molecular weight is 452 g/mol. The number of aliphatic imine (C=N–C) groups is 1. The van der Waals surface area contributed by atoms with Crippen LogP contribution in [0.15, 0.2) is 59.9 Å². The minimum absolute atomic E-state index is 0. The SMILES string of the molecule is CN=C(NCCOc1cccnc1)NCC1(c2ccccc2)CC1.I. The van der Waals surface area contributed by atoms with Crippen molar-refractivity contribution in [2.24, 2.45) is 4.99 Å². The number of halogens is 1. The Morgan fingerprint density at radius 1 is 1.16 bits per heavy atom. The Labute approximate surface area is 166 Å². The van der Waals surface area contributed by atoms with Gasteiger partial charge in [0.1, 0.15) is 12.4 Å². The lowest BCUT2D eigenvalue weighted by Crippen LogP contribution is -2.42. The second-order valence-electron chi connectivity index (χ2n) is 6.04. The lowest BCUT2D eigenvalue weighted by Gasteiger charge is -2.19. The first-order valence-corrected chi connectivity index (χ1v) is 8.35. The average Bonchev–Trinajstić information content (AvgIpc) is 3.44. The molecule has 1 saturated carbocycles. The Balaban J connectivity index is 0.00000225. The molecule has 1 fully saturated rings. The number of guanidine groups is 1. The van der Waals surface area contributed by atoms with E-state index < -0.39 is 0 Å². The summed E-state index contributed by atoms with van der Waals surface area (Å²) in [5, 5.41) is 6.73. The molecule has 0 unspecified atom stereocenters. The highest BCUT2D eigenvalue weighted by molar-refractivity contribution is 14.0. The van der Waals surface area contributed by atoms with Crippen molar-refractivity contribution in [1.29, 1.82) is 0 Å². The summed E-state index contributed by atoms with van der Waals surface area (Å²) in [6.07, 6.45) is 5.90. The van der Waals surface area contributed by atoms with Gasteiger partial charge in [-0.05, 0) is 30.5 Å². The van der Waals surface area contributed by atoms with Crippen molar-refractivity contribution in [3.05, 3.63) is 60.4 Å². The zero-order valence-corrected chi connectivity index (χ0v) is 16.8. The maximum absolute atomic E-state index is 5.62. The summed E-state index contributed by atoms with van der Waals surface area (Å²) in [5.41, 5.74) is 1.68. The fourth-order valence-electron chi connectivity index (χ4n) is 2.75. The number of benzene rings is 1. The van der Waals surface area contributed by atoms with E-state index in [1.54, 1.807) is 19.4 Å². The second kappa shape index (κ2) is 9.60. The normalized spacial score (nSPS) is 15.0. The van der Waals surface area contributed by atoms with Gasteiger partial charge in [-0.2, -0.15) is 0 Å². The highest BCUT2D eigenvalue weighted by atomic mass is 127. The molecule has 0 atom stereocenters. The van der Waals surface area contributed by atoms with E-state index in [-0.39, 0.29) is 29.4 Å². The van der Waals surface area contributed by atoms with Crippen LogP contribution < -0.4 is 15.4 Å². The summed E-state index contributed by atoms with van der Waals surface area (Å²) in [4.78, 5) is 8.31. The minimum Gasteiger partial charge on any atom is -0.490 e. The summed E-state index contributed by atoms with van der Waals surface area (Å²) in [6, 6.07) is 14.5. The maximum Gasteiger partial charge on any atom is 0.191 e. The molecular formula is C19H25IN4O. The molecule has 0 aliphatic heterocycles. The van der Waals surface area contributed by atoms with Crippen molar-refractivity contribution in [2.75, 3.05) is 26.7 Å². The quantitative estimate of drug-likeness (QED) is 0.294. The van der Waals surface area contributed by atoms with E-state index in [2.05, 4.69) is 50.9 Å². The van der Waals surface area contributed by atoms with Crippen LogP contribution in [-0.2, 0) is 5.41 Å². The van der Waals surface area contributed by atoms with Gasteiger partial charge in [-0.15, -0.1) is 24.0 Å². The molecule has 0 saturated heterocycles. The third-order valence-electron chi connectivity index (χ3n) is 4.36. The molecule has 3 rings (SSSR count). The fraction of sp³-hybridized carbons (Fsp3) is 0.368. The van der Waals surface area contributed by atoms with Crippen LogP contribution in [0.1, 0.15) is 18.4 Å². The van der Waals surface area contributed by atoms with Gasteiger partial charge >= 0.3 is 0 Å². The van der Waals surface area contributed by atoms with Crippen molar-refractivity contribution in [3.8, 4) is 5.75 Å². The standard InChI is InChI=1S/C19H24N4O.HI/c1-20-18(22-12-13-24-17-8-5-11-21-14-17)23-15-19(9-10-19)16-6-3-2-4-7-16;/h2-8,11,14H,9-10,12-13,15H2,1H3,(H2,20,22,23);1H. The largest absolute Gasteiger partial charge is 0.490 e. The van der Waals surface area contributed by atoms with Crippen molar-refractivity contribution in [2.45, 2.75) is 18.3 Å². The van der Waals surface area contributed by atoms with Gasteiger partial charge in [0.05, 0.1) is 12.7 Å². The van der Waals surface area contributed by atoms with Gasteiger partial charge in [0, 0.05) is 25.2 Å². The van der Waals surface area contributed by atoms with Gasteiger partial charge < -0.3 is 15.4 Å². The van der Waals surface area contributed by atoms with Crippen molar-refractivity contribution in [1.82, 2.24) is 15.6 Å². The first-order valence-electron chi connectivity index (χ1n) is 8.35. The van der Waals surface area contributed by atoms with Crippen molar-refractivity contribution < 1.29 is 4.74 Å². The molecule has 2 N–H and O–H groups in total. The molecule has 1 aliphatic carbocycles. The molecule has 1 aromatic heterocycles. The number of hydrogen-bond acceptors (Lipinski definition) is 3. The van der Waals surface area contributed by atoms with Crippen molar-refractivity contribution >= 4 is 29.9 Å². The van der Waals surface area contributed by atoms with Gasteiger partial charge in [-0.1, -0.05) is 30.3 Å². The van der Waals surface area contributed by atoms with Crippen LogP contribution in [0.2, 0.25) is 0 Å². The molecule has 25 heavy (non-hydrogen) atoms. The highest BCUT2D eigenvalue weighted by Crippen LogP contribution is 2.47. The van der Waals surface area contributed by atoms with Crippen LogP contribution in [-0.4, -0.2) is 37.7 Å². The number of rotatable bonds is 7. The van der Waals surface area contributed by atoms with E-state index in [0.717, 1.165) is 18.3 Å². The number of aromatic nitrogens is 1. The number of nitrogens with zero attached hydrogens (tertiary/aromatic N) is 2. The summed E-state index contributed by atoms with van der Waals surface area (Å²) >= 11 is 0. The number of ether oxygens (including phenoxy) is 1. The maximum atomic E-state index is 5.62. The number of nitrogens with one attached hydrogen (secondary N) is 2. The third-order valence-corrected chi connectivity index (χ3v) is 4.36. The number of pyridine rings is 1. The lowest BCUT2D eigenvalue weighted by atomic mass is 9.96. The van der Waals surface area contributed by atoms with Gasteiger partial charge in [-0.3, -0.25) is 9.98 Å². The van der Waals surface area contributed by atoms with E-state index in [1.807, 2.05) is 12.1 Å². The summed E-state index contributed by atoms with van der Waals surface area (Å²) in [5.74, 6) is 1.59. The summed E-state index contributed by atoms with van der Waals surface area (Å²) in [7, 11) is 1.79. The molecule has 0 radical (unpaired) electrons. The predicted molar refractivity (Wildman–Crippen MR) is 112 cm³/mol. The first kappa shape index (κ1) is 19.5. The smallest absolute Gasteiger partial charge is 0.191 e. The molecule has 2 aromatic rings. The molecule has 6 heteroatoms. The topological polar surface area (TPSA) is 58.5 Å². The van der Waals surface area contributed by atoms with E-state index in [1.165, 1.54) is 18.4 Å². The molecule has 1 aliphatic rings. The van der Waals surface area contributed by atoms with Crippen LogP contribution >= 0.6 is 24.0 Å². The van der Waals surface area contributed by atoms with Crippen LogP contribution in [0.5, 0.6) is 5.75 Å². The highest BCUT2D eigenvalue weighted by Gasteiger charge is 2.43. The molecule has 0 amide bonds. The lowest BCUT2D eigenvalue weighted by molar-refractivity contribution is 0.320. The fourth-order valence-corrected chi connectivity index (χ4v) is 2.75. The molecule has 0 spiro atoms. The zero-order chi connectivity index (χ0) is 16.7. The van der Waals surface area contributed by atoms with Gasteiger partial charge in [0.25, 0.3) is 0 Å². The van der Waals surface area contributed by atoms with E-state index in [0.29, 0.717) is 13.2 Å². The van der Waals surface area contributed by atoms with Gasteiger partial charge in [-0.25, -0.2) is 0 Å². The first-order chi connectivity index (χ1) is 11.8. The van der Waals surface area contributed by atoms with Crippen LogP contribution in [0, 0.1) is 0 Å². The molecule has 1 aromatic carbocycles. The predicted octanol–water partition coefficient (Wildman–Crippen LogP) is 2.98. The second-order valence-corrected chi connectivity index (χ2v) is 6.04. The summed E-state index contributed by atoms with van der Waals surface area (Å²) in [6.45, 7) is 2.16. The van der Waals surface area contributed by atoms with Gasteiger partial charge in [0.15, 0.2) is 5.96 Å². The van der Waals surface area contributed by atoms with Crippen LogP contribution in [0.4, 0.5) is 0 Å². The Hall–Kier alpha value is -1.83. The van der Waals surface area contributed by atoms with Crippen LogP contribution in [0.3, 0.4) is 0 Å². The minimum atomic E-state index is 0. The Morgan fingerprint density at radius 3 is 2.60 bits per heavy atom. The van der Waals surface area contributed by atoms with E-state index in [4.69, 9.17) is 4.74 Å². The molecule has 0 bridgehead atoms. The zero-order valence-electron chi connectivity index (χ0n) is 14.4. The molecule has 134 valence electrons. The Bertz CT molecular complexity index is 660. The van der Waals surface area contributed by atoms with Gasteiger partial charge in [0.2, 0.25) is 0 Å². The number of hydrogen-bond donors (Lipinski definition) is 2. The van der Waals surface area contributed by atoms with Crippen LogP contribution in [0.25, 0.3) is 0 Å². The van der Waals surface area contributed by atoms with Crippen molar-refractivity contribution in [3.63, 3.8) is 0 Å². The molecule has 1 heterocycles.